The topological polar surface area (TPSA) is 49.3 Å². The molecule has 0 fully saturated rings. The van der Waals surface area contributed by atoms with Crippen molar-refractivity contribution in [2.75, 3.05) is 5.32 Å². The first kappa shape index (κ1) is 13.6. The molecular formula is C15H14ClNO2. The molecule has 0 atom stereocenters. The molecule has 0 radical (unpaired) electrons. The van der Waals surface area contributed by atoms with Crippen molar-refractivity contribution >= 4 is 23.2 Å². The molecule has 98 valence electrons. The minimum atomic E-state index is -0.121. The van der Waals surface area contributed by atoms with Gasteiger partial charge in [-0.15, -0.1) is 0 Å². The normalized spacial score (nSPS) is 10.2. The maximum Gasteiger partial charge on any atom is 0.228 e. The summed E-state index contributed by atoms with van der Waals surface area (Å²) in [6.45, 7) is -0.00610. The number of aliphatic hydroxyl groups is 1. The second-order valence-corrected chi connectivity index (χ2v) is 4.58. The molecule has 19 heavy (non-hydrogen) atoms. The number of anilines is 1. The van der Waals surface area contributed by atoms with Crippen molar-refractivity contribution in [1.82, 2.24) is 0 Å². The molecule has 0 aliphatic rings. The number of halogens is 1. The Hall–Kier alpha value is -1.84. The summed E-state index contributed by atoms with van der Waals surface area (Å²) in [5, 5.41) is 12.3. The Morgan fingerprint density at radius 1 is 1.11 bits per heavy atom. The molecular weight excluding hydrogens is 262 g/mol. The first-order chi connectivity index (χ1) is 9.19. The summed E-state index contributed by atoms with van der Waals surface area (Å²) in [6.07, 6.45) is 0.238. The molecule has 2 rings (SSSR count). The zero-order valence-electron chi connectivity index (χ0n) is 10.3. The van der Waals surface area contributed by atoms with Gasteiger partial charge in [0.05, 0.1) is 13.0 Å². The van der Waals surface area contributed by atoms with E-state index in [9.17, 15) is 4.79 Å². The van der Waals surface area contributed by atoms with Crippen LogP contribution in [-0.4, -0.2) is 11.0 Å². The van der Waals surface area contributed by atoms with Gasteiger partial charge in [0.1, 0.15) is 0 Å². The summed E-state index contributed by atoms with van der Waals surface area (Å²) in [4.78, 5) is 11.9. The van der Waals surface area contributed by atoms with Gasteiger partial charge in [0.2, 0.25) is 5.91 Å². The lowest BCUT2D eigenvalue weighted by Gasteiger charge is -2.07. The average molecular weight is 276 g/mol. The van der Waals surface area contributed by atoms with Gasteiger partial charge in [-0.25, -0.2) is 0 Å². The van der Waals surface area contributed by atoms with Crippen LogP contribution in [0.25, 0.3) is 0 Å². The fraction of sp³-hybridized carbons (Fsp3) is 0.133. The fourth-order valence-electron chi connectivity index (χ4n) is 1.71. The summed E-state index contributed by atoms with van der Waals surface area (Å²) in [5.74, 6) is -0.121. The van der Waals surface area contributed by atoms with E-state index in [0.29, 0.717) is 10.7 Å². The Morgan fingerprint density at radius 3 is 2.42 bits per heavy atom. The number of carbonyl (C=O) groups is 1. The smallest absolute Gasteiger partial charge is 0.228 e. The monoisotopic (exact) mass is 275 g/mol. The Bertz CT molecular complexity index is 567. The first-order valence-electron chi connectivity index (χ1n) is 5.92. The van der Waals surface area contributed by atoms with Crippen molar-refractivity contribution in [1.29, 1.82) is 0 Å². The number of nitrogens with one attached hydrogen (secondary N) is 1. The van der Waals surface area contributed by atoms with E-state index in [4.69, 9.17) is 16.7 Å². The van der Waals surface area contributed by atoms with E-state index < -0.39 is 0 Å². The lowest BCUT2D eigenvalue weighted by atomic mass is 10.1. The molecule has 0 saturated carbocycles. The molecule has 0 bridgehead atoms. The van der Waals surface area contributed by atoms with Crippen LogP contribution in [0.5, 0.6) is 0 Å². The third-order valence-electron chi connectivity index (χ3n) is 2.73. The molecule has 0 aliphatic heterocycles. The fourth-order valence-corrected chi connectivity index (χ4v) is 1.92. The second-order valence-electron chi connectivity index (χ2n) is 4.17. The number of aliphatic hydroxyl groups excluding tert-OH is 1. The van der Waals surface area contributed by atoms with Gasteiger partial charge in [-0.05, 0) is 29.3 Å². The number of amides is 1. The zero-order valence-corrected chi connectivity index (χ0v) is 11.0. The van der Waals surface area contributed by atoms with Crippen molar-refractivity contribution in [2.45, 2.75) is 13.0 Å². The molecule has 0 heterocycles. The maximum atomic E-state index is 11.9. The maximum absolute atomic E-state index is 11.9. The number of hydrogen-bond donors (Lipinski definition) is 2. The van der Waals surface area contributed by atoms with Gasteiger partial charge in [0.25, 0.3) is 0 Å². The van der Waals surface area contributed by atoms with E-state index in [2.05, 4.69) is 5.32 Å². The van der Waals surface area contributed by atoms with E-state index in [1.165, 1.54) is 0 Å². The highest BCUT2D eigenvalue weighted by Crippen LogP contribution is 2.16. The largest absolute Gasteiger partial charge is 0.392 e. The van der Waals surface area contributed by atoms with Crippen LogP contribution in [0.2, 0.25) is 5.02 Å². The van der Waals surface area contributed by atoms with Crippen LogP contribution < -0.4 is 5.32 Å². The SMILES string of the molecule is O=C(Cc1ccccc1Cl)Nc1ccc(CO)cc1. The van der Waals surface area contributed by atoms with E-state index in [1.54, 1.807) is 30.3 Å². The van der Waals surface area contributed by atoms with E-state index in [1.807, 2.05) is 18.2 Å². The van der Waals surface area contributed by atoms with Gasteiger partial charge in [-0.3, -0.25) is 4.79 Å². The van der Waals surface area contributed by atoms with Crippen LogP contribution in [0.3, 0.4) is 0 Å². The highest BCUT2D eigenvalue weighted by molar-refractivity contribution is 6.31. The third-order valence-corrected chi connectivity index (χ3v) is 3.10. The molecule has 0 saturated heterocycles. The van der Waals surface area contributed by atoms with E-state index in [0.717, 1.165) is 11.1 Å². The molecule has 0 unspecified atom stereocenters. The standard InChI is InChI=1S/C15H14ClNO2/c16-14-4-2-1-3-12(14)9-15(19)17-13-7-5-11(10-18)6-8-13/h1-8,18H,9-10H2,(H,17,19). The van der Waals surface area contributed by atoms with Crippen LogP contribution in [0.1, 0.15) is 11.1 Å². The van der Waals surface area contributed by atoms with Crippen molar-refractivity contribution in [3.05, 3.63) is 64.7 Å². The minimum Gasteiger partial charge on any atom is -0.392 e. The molecule has 3 nitrogen and oxygen atoms in total. The number of rotatable bonds is 4. The summed E-state index contributed by atoms with van der Waals surface area (Å²) < 4.78 is 0. The minimum absolute atomic E-state index is 0.00610. The quantitative estimate of drug-likeness (QED) is 0.901. The van der Waals surface area contributed by atoms with Crippen molar-refractivity contribution < 1.29 is 9.90 Å². The van der Waals surface area contributed by atoms with Crippen LogP contribution in [0, 0.1) is 0 Å². The second kappa shape index (κ2) is 6.36. The highest BCUT2D eigenvalue weighted by Gasteiger charge is 2.06. The predicted molar refractivity (Wildman–Crippen MR) is 76.2 cm³/mol. The van der Waals surface area contributed by atoms with Crippen molar-refractivity contribution in [3.8, 4) is 0 Å². The van der Waals surface area contributed by atoms with Gasteiger partial charge in [-0.1, -0.05) is 41.9 Å². The van der Waals surface area contributed by atoms with Crippen LogP contribution in [0.4, 0.5) is 5.69 Å². The molecule has 0 spiro atoms. The van der Waals surface area contributed by atoms with Crippen LogP contribution in [-0.2, 0) is 17.8 Å². The number of hydrogen-bond acceptors (Lipinski definition) is 2. The molecule has 0 aromatic heterocycles. The molecule has 4 heteroatoms. The molecule has 2 N–H and O–H groups in total. The van der Waals surface area contributed by atoms with Gasteiger partial charge in [0.15, 0.2) is 0 Å². The molecule has 2 aromatic carbocycles. The van der Waals surface area contributed by atoms with Crippen molar-refractivity contribution in [3.63, 3.8) is 0 Å². The Kier molecular flexibility index (Phi) is 4.55. The molecule has 0 aliphatic carbocycles. The Morgan fingerprint density at radius 2 is 1.79 bits per heavy atom. The van der Waals surface area contributed by atoms with Gasteiger partial charge < -0.3 is 10.4 Å². The predicted octanol–water partition coefficient (Wildman–Crippen LogP) is 3.01. The average Bonchev–Trinajstić information content (AvgIpc) is 2.42. The number of benzene rings is 2. The van der Waals surface area contributed by atoms with E-state index in [-0.39, 0.29) is 18.9 Å². The highest BCUT2D eigenvalue weighted by atomic mass is 35.5. The summed E-state index contributed by atoms with van der Waals surface area (Å²) >= 11 is 6.00. The van der Waals surface area contributed by atoms with Crippen LogP contribution in [0.15, 0.2) is 48.5 Å². The van der Waals surface area contributed by atoms with Gasteiger partial charge >= 0.3 is 0 Å². The van der Waals surface area contributed by atoms with E-state index >= 15 is 0 Å². The van der Waals surface area contributed by atoms with Crippen molar-refractivity contribution in [2.24, 2.45) is 0 Å². The summed E-state index contributed by atoms with van der Waals surface area (Å²) in [7, 11) is 0. The molecule has 2 aromatic rings. The number of carbonyl (C=O) groups excluding carboxylic acids is 1. The van der Waals surface area contributed by atoms with Crippen LogP contribution >= 0.6 is 11.6 Å². The van der Waals surface area contributed by atoms with Gasteiger partial charge in [0, 0.05) is 10.7 Å². The molecule has 1 amide bonds. The Labute approximate surface area is 116 Å². The first-order valence-corrected chi connectivity index (χ1v) is 6.30. The summed E-state index contributed by atoms with van der Waals surface area (Å²) in [5.41, 5.74) is 2.31. The van der Waals surface area contributed by atoms with Gasteiger partial charge in [-0.2, -0.15) is 0 Å². The summed E-state index contributed by atoms with van der Waals surface area (Å²) in [6, 6.07) is 14.3. The lowest BCUT2D eigenvalue weighted by Crippen LogP contribution is -2.14. The lowest BCUT2D eigenvalue weighted by molar-refractivity contribution is -0.115. The third kappa shape index (κ3) is 3.81. The Balaban J connectivity index is 1.99. The zero-order chi connectivity index (χ0) is 13.7.